The van der Waals surface area contributed by atoms with Crippen LogP contribution in [-0.4, -0.2) is 15.9 Å². The Morgan fingerprint density at radius 3 is 2.60 bits per heavy atom. The van der Waals surface area contributed by atoms with Gasteiger partial charge in [-0.1, -0.05) is 48.9 Å². The quantitative estimate of drug-likeness (QED) is 0.493. The van der Waals surface area contributed by atoms with E-state index in [4.69, 9.17) is 16.5 Å². The minimum atomic E-state index is 0.0192. The van der Waals surface area contributed by atoms with Crippen LogP contribution in [0.15, 0.2) is 35.5 Å². The van der Waals surface area contributed by atoms with E-state index < -0.39 is 0 Å². The van der Waals surface area contributed by atoms with Gasteiger partial charge in [0.1, 0.15) is 5.01 Å². The van der Waals surface area contributed by atoms with E-state index in [-0.39, 0.29) is 5.96 Å². The molecule has 1 aromatic carbocycles. The Labute approximate surface area is 155 Å². The van der Waals surface area contributed by atoms with Gasteiger partial charge in [0, 0.05) is 11.8 Å². The molecule has 0 aliphatic heterocycles. The molecule has 3 aromatic rings. The Kier molecular flexibility index (Phi) is 5.45. The zero-order valence-corrected chi connectivity index (χ0v) is 16.0. The van der Waals surface area contributed by atoms with Gasteiger partial charge in [0.2, 0.25) is 5.13 Å². The highest BCUT2D eigenvalue weighted by atomic mass is 32.1. The maximum Gasteiger partial charge on any atom is 0.212 e. The fourth-order valence-corrected chi connectivity index (χ4v) is 4.50. The van der Waals surface area contributed by atoms with Gasteiger partial charge in [-0.25, -0.2) is 9.97 Å². The molecule has 0 atom stereocenters. The number of benzene rings is 1. The molecular weight excluding hydrogens is 350 g/mol. The number of hydrogen-bond acceptors (Lipinski definition) is 5. The number of aryl methyl sites for hydroxylation is 2. The number of nitrogens with two attached hydrogens (primary N) is 2. The molecule has 0 bridgehead atoms. The van der Waals surface area contributed by atoms with E-state index in [2.05, 4.69) is 41.2 Å². The Hall–Kier alpha value is -2.25. The number of guanidine groups is 1. The average molecular weight is 372 g/mol. The summed E-state index contributed by atoms with van der Waals surface area (Å²) in [6.45, 7) is 4.23. The van der Waals surface area contributed by atoms with E-state index >= 15 is 0 Å². The first kappa shape index (κ1) is 17.6. The van der Waals surface area contributed by atoms with Crippen molar-refractivity contribution in [2.24, 2.45) is 16.5 Å². The lowest BCUT2D eigenvalue weighted by molar-refractivity contribution is 0.795. The fraction of sp³-hybridized carbons (Fsp3) is 0.278. The molecule has 2 aromatic heterocycles. The van der Waals surface area contributed by atoms with Crippen LogP contribution in [0.5, 0.6) is 0 Å². The number of rotatable bonds is 6. The molecule has 2 heterocycles. The standard InChI is InChI=1S/C18H21N5S2/c1-3-4-5-12-6-8-13(9-7-12)16-22-11(2)15(25-16)14-10-21-18(24-14)23-17(19)20/h6-10H,3-5H2,1-2H3,(H4,19,20,21,23). The molecule has 130 valence electrons. The van der Waals surface area contributed by atoms with Crippen LogP contribution in [0.3, 0.4) is 0 Å². The van der Waals surface area contributed by atoms with Crippen LogP contribution in [0.4, 0.5) is 5.13 Å². The van der Waals surface area contributed by atoms with Crippen LogP contribution in [0, 0.1) is 6.92 Å². The average Bonchev–Trinajstić information content (AvgIpc) is 3.19. The van der Waals surface area contributed by atoms with E-state index in [1.807, 2.05) is 6.92 Å². The summed E-state index contributed by atoms with van der Waals surface area (Å²) in [5.41, 5.74) is 14.3. The highest BCUT2D eigenvalue weighted by Crippen LogP contribution is 2.39. The molecule has 0 saturated carbocycles. The summed E-state index contributed by atoms with van der Waals surface area (Å²) in [6.07, 6.45) is 5.37. The van der Waals surface area contributed by atoms with Crippen molar-refractivity contribution in [3.05, 3.63) is 41.7 Å². The first-order valence-electron chi connectivity index (χ1n) is 8.19. The molecule has 0 spiro atoms. The zero-order valence-electron chi connectivity index (χ0n) is 14.3. The van der Waals surface area contributed by atoms with Crippen LogP contribution in [0.1, 0.15) is 31.0 Å². The second kappa shape index (κ2) is 7.76. The summed E-state index contributed by atoms with van der Waals surface area (Å²) in [6, 6.07) is 8.71. The second-order valence-corrected chi connectivity index (χ2v) is 7.79. The number of aromatic nitrogens is 2. The summed E-state index contributed by atoms with van der Waals surface area (Å²) < 4.78 is 0. The molecule has 0 radical (unpaired) electrons. The molecule has 3 rings (SSSR count). The monoisotopic (exact) mass is 371 g/mol. The Bertz CT molecular complexity index is 873. The number of aliphatic imine (C=N–C) groups is 1. The number of thiazole rings is 2. The fourth-order valence-electron chi connectivity index (χ4n) is 2.48. The number of hydrogen-bond donors (Lipinski definition) is 2. The number of nitrogens with zero attached hydrogens (tertiary/aromatic N) is 3. The molecule has 0 aliphatic carbocycles. The van der Waals surface area contributed by atoms with Crippen molar-refractivity contribution in [3.8, 4) is 20.3 Å². The van der Waals surface area contributed by atoms with Crippen LogP contribution in [-0.2, 0) is 6.42 Å². The van der Waals surface area contributed by atoms with Gasteiger partial charge in [-0.15, -0.1) is 11.3 Å². The predicted molar refractivity (Wildman–Crippen MR) is 107 cm³/mol. The lowest BCUT2D eigenvalue weighted by atomic mass is 10.1. The van der Waals surface area contributed by atoms with Crippen molar-refractivity contribution >= 4 is 33.8 Å². The summed E-state index contributed by atoms with van der Waals surface area (Å²) in [4.78, 5) is 15.1. The molecule has 0 amide bonds. The topological polar surface area (TPSA) is 90.2 Å². The molecule has 7 heteroatoms. The molecule has 4 N–H and O–H groups in total. The Morgan fingerprint density at radius 2 is 1.92 bits per heavy atom. The maximum absolute atomic E-state index is 5.41. The van der Waals surface area contributed by atoms with E-state index in [0.29, 0.717) is 5.13 Å². The second-order valence-electron chi connectivity index (χ2n) is 5.78. The molecule has 0 aliphatic rings. The molecule has 0 unspecified atom stereocenters. The first-order chi connectivity index (χ1) is 12.1. The Morgan fingerprint density at radius 1 is 1.16 bits per heavy atom. The highest BCUT2D eigenvalue weighted by Gasteiger charge is 2.14. The summed E-state index contributed by atoms with van der Waals surface area (Å²) >= 11 is 3.13. The normalized spacial score (nSPS) is 10.8. The van der Waals surface area contributed by atoms with Gasteiger partial charge in [0.15, 0.2) is 5.96 Å². The van der Waals surface area contributed by atoms with Gasteiger partial charge in [-0.05, 0) is 25.3 Å². The highest BCUT2D eigenvalue weighted by molar-refractivity contribution is 7.25. The number of unbranched alkanes of at least 4 members (excludes halogenated alkanes) is 1. The third kappa shape index (κ3) is 4.24. The van der Waals surface area contributed by atoms with E-state index in [1.165, 1.54) is 29.7 Å². The van der Waals surface area contributed by atoms with Crippen molar-refractivity contribution in [2.75, 3.05) is 0 Å². The third-order valence-corrected chi connectivity index (χ3v) is 6.04. The van der Waals surface area contributed by atoms with Crippen LogP contribution in [0.2, 0.25) is 0 Å². The Balaban J connectivity index is 1.85. The van der Waals surface area contributed by atoms with Crippen LogP contribution < -0.4 is 11.5 Å². The van der Waals surface area contributed by atoms with E-state index in [0.717, 1.165) is 32.4 Å². The van der Waals surface area contributed by atoms with Crippen molar-refractivity contribution in [2.45, 2.75) is 33.1 Å². The molecule has 25 heavy (non-hydrogen) atoms. The van der Waals surface area contributed by atoms with Gasteiger partial charge in [0.25, 0.3) is 0 Å². The molecule has 5 nitrogen and oxygen atoms in total. The van der Waals surface area contributed by atoms with Crippen LogP contribution >= 0.6 is 22.7 Å². The lowest BCUT2D eigenvalue weighted by Crippen LogP contribution is -2.21. The maximum atomic E-state index is 5.41. The smallest absolute Gasteiger partial charge is 0.212 e. The summed E-state index contributed by atoms with van der Waals surface area (Å²) in [5.74, 6) is 0.0192. The summed E-state index contributed by atoms with van der Waals surface area (Å²) in [5, 5.41) is 1.58. The van der Waals surface area contributed by atoms with Gasteiger partial charge in [0.05, 0.1) is 15.4 Å². The summed E-state index contributed by atoms with van der Waals surface area (Å²) in [7, 11) is 0. The lowest BCUT2D eigenvalue weighted by Gasteiger charge is -2.01. The van der Waals surface area contributed by atoms with Crippen molar-refractivity contribution in [1.82, 2.24) is 9.97 Å². The van der Waals surface area contributed by atoms with Crippen molar-refractivity contribution in [3.63, 3.8) is 0 Å². The van der Waals surface area contributed by atoms with E-state index in [1.54, 1.807) is 17.5 Å². The first-order valence-corrected chi connectivity index (χ1v) is 9.82. The molecular formula is C18H21N5S2. The van der Waals surface area contributed by atoms with Crippen LogP contribution in [0.25, 0.3) is 20.3 Å². The third-order valence-electron chi connectivity index (χ3n) is 3.76. The van der Waals surface area contributed by atoms with Crippen molar-refractivity contribution in [1.29, 1.82) is 0 Å². The molecule has 0 fully saturated rings. The predicted octanol–water partition coefficient (Wildman–Crippen LogP) is 4.49. The van der Waals surface area contributed by atoms with E-state index in [9.17, 15) is 0 Å². The SMILES string of the molecule is CCCCc1ccc(-c2nc(C)c(-c3cnc(N=C(N)N)s3)s2)cc1. The van der Waals surface area contributed by atoms with Crippen molar-refractivity contribution < 1.29 is 0 Å². The largest absolute Gasteiger partial charge is 0.370 e. The zero-order chi connectivity index (χ0) is 17.8. The minimum Gasteiger partial charge on any atom is -0.370 e. The van der Waals surface area contributed by atoms with Gasteiger partial charge < -0.3 is 11.5 Å². The minimum absolute atomic E-state index is 0.0192. The van der Waals surface area contributed by atoms with Gasteiger partial charge >= 0.3 is 0 Å². The molecule has 0 saturated heterocycles. The van der Waals surface area contributed by atoms with Gasteiger partial charge in [-0.3, -0.25) is 0 Å². The van der Waals surface area contributed by atoms with Gasteiger partial charge in [-0.2, -0.15) is 4.99 Å².